The highest BCUT2D eigenvalue weighted by Gasteiger charge is 2.44. The minimum Gasteiger partial charge on any atom is -0.454 e. The molecule has 0 radical (unpaired) electrons. The minimum atomic E-state index is -0.162. The fourth-order valence-electron chi connectivity index (χ4n) is 11.8. The second-order valence-corrected chi connectivity index (χ2v) is 21.4. The number of hydrogen-bond donors (Lipinski definition) is 0. The molecule has 0 fully saturated rings. The molecule has 0 saturated carbocycles. The second-order valence-electron chi connectivity index (χ2n) is 21.4. The summed E-state index contributed by atoms with van der Waals surface area (Å²) in [4.78, 5) is 4.96. The van der Waals surface area contributed by atoms with Gasteiger partial charge in [0.05, 0.1) is 5.69 Å². The van der Waals surface area contributed by atoms with E-state index in [1.807, 2.05) is 0 Å². The van der Waals surface area contributed by atoms with Crippen molar-refractivity contribution in [2.45, 2.75) is 52.4 Å². The van der Waals surface area contributed by atoms with E-state index in [-0.39, 0.29) is 17.7 Å². The van der Waals surface area contributed by atoms with Gasteiger partial charge in [0.2, 0.25) is 0 Å². The molecule has 14 rings (SSSR count). The molecular formula is C64H50BN3O. The lowest BCUT2D eigenvalue weighted by Gasteiger charge is -2.41. The summed E-state index contributed by atoms with van der Waals surface area (Å²) in [6, 6.07) is 72.8. The Labute approximate surface area is 402 Å². The highest BCUT2D eigenvalue weighted by atomic mass is 16.3. The van der Waals surface area contributed by atoms with Crippen LogP contribution in [0.3, 0.4) is 0 Å². The van der Waals surface area contributed by atoms with E-state index in [0.717, 1.165) is 50.4 Å². The summed E-state index contributed by atoms with van der Waals surface area (Å²) in [7, 11) is 0. The third kappa shape index (κ3) is 5.83. The van der Waals surface area contributed by atoms with Crippen molar-refractivity contribution in [2.24, 2.45) is 0 Å². The van der Waals surface area contributed by atoms with E-state index >= 15 is 0 Å². The molecule has 10 aromatic carbocycles. The molecule has 5 heteroatoms. The number of fused-ring (bicyclic) bond motifs is 13. The number of anilines is 6. The van der Waals surface area contributed by atoms with Crippen molar-refractivity contribution in [1.82, 2.24) is 4.48 Å². The van der Waals surface area contributed by atoms with Crippen LogP contribution in [0.1, 0.15) is 52.7 Å². The highest BCUT2D eigenvalue weighted by molar-refractivity contribution is 6.90. The highest BCUT2D eigenvalue weighted by Crippen LogP contribution is 2.50. The van der Waals surface area contributed by atoms with Gasteiger partial charge in [-0.2, -0.15) is 0 Å². The Balaban J connectivity index is 1.11. The van der Waals surface area contributed by atoms with Gasteiger partial charge >= 0.3 is 6.85 Å². The lowest BCUT2D eigenvalue weighted by Crippen LogP contribution is -2.56. The third-order valence-electron chi connectivity index (χ3n) is 15.2. The van der Waals surface area contributed by atoms with Gasteiger partial charge in [-0.15, -0.1) is 0 Å². The summed E-state index contributed by atoms with van der Waals surface area (Å²) in [6.07, 6.45) is 0. The van der Waals surface area contributed by atoms with E-state index in [9.17, 15) is 0 Å². The van der Waals surface area contributed by atoms with Crippen molar-refractivity contribution in [3.8, 4) is 11.1 Å². The SMILES string of the molecule is CC(C)(C)c1ccc(N(c2ccc(C(C)(C)C)cc2)c2ccc3c(c2)B2c4c(cc5ccccc5c4-c4cccc5c6cc7ccccc7cc6n2c45)N3c2cccc3c2oc2ccccc23)cc1. The van der Waals surface area contributed by atoms with Crippen LogP contribution in [-0.4, -0.2) is 11.3 Å². The van der Waals surface area contributed by atoms with E-state index in [4.69, 9.17) is 4.42 Å². The van der Waals surface area contributed by atoms with E-state index < -0.39 is 0 Å². The summed E-state index contributed by atoms with van der Waals surface area (Å²) in [6.45, 7) is 13.6. The molecule has 0 atom stereocenters. The number of aromatic nitrogens is 1. The van der Waals surface area contributed by atoms with Crippen LogP contribution in [0.4, 0.5) is 34.1 Å². The zero-order valence-corrected chi connectivity index (χ0v) is 39.8. The number of furan rings is 1. The Morgan fingerprint density at radius 2 is 1.04 bits per heavy atom. The third-order valence-corrected chi connectivity index (χ3v) is 15.2. The Hall–Kier alpha value is -8.02. The summed E-state index contributed by atoms with van der Waals surface area (Å²) in [5.41, 5.74) is 18.7. The van der Waals surface area contributed by atoms with Gasteiger partial charge in [0.15, 0.2) is 5.58 Å². The molecule has 0 N–H and O–H groups in total. The standard InChI is InChI=1S/C64H50BN3O/c1-63(2,3)42-25-29-44(30-26-42)66(45-31-27-43(28-32-45)64(4,5)6)46-33-34-54-53(38-46)65-60-57(67(54)55-23-14-21-50-48-19-11-12-24-58(48)69-62(50)55)37-41-17-9-10-18-47(41)59(60)51-22-13-20-49-52-35-39-15-7-8-16-40(39)36-56(52)68(65)61(49)51/h7-38H,1-6H3. The fraction of sp³-hybridized carbons (Fsp3) is 0.125. The van der Waals surface area contributed by atoms with Crippen molar-refractivity contribution >= 4 is 117 Å². The topological polar surface area (TPSA) is 24.6 Å². The van der Waals surface area contributed by atoms with Crippen LogP contribution in [0, 0.1) is 0 Å². The van der Waals surface area contributed by atoms with Crippen LogP contribution < -0.4 is 20.7 Å². The molecule has 0 amide bonds. The molecule has 0 saturated heterocycles. The van der Waals surface area contributed by atoms with E-state index in [2.05, 4.69) is 250 Å². The molecule has 4 heterocycles. The van der Waals surface area contributed by atoms with Crippen molar-refractivity contribution in [2.75, 3.05) is 9.80 Å². The van der Waals surface area contributed by atoms with Crippen LogP contribution in [0.2, 0.25) is 0 Å². The maximum Gasteiger partial charge on any atom is 0.333 e. The quantitative estimate of drug-likeness (QED) is 0.165. The van der Waals surface area contributed by atoms with Crippen LogP contribution in [0.25, 0.3) is 76.4 Å². The largest absolute Gasteiger partial charge is 0.454 e. The fourth-order valence-corrected chi connectivity index (χ4v) is 11.8. The molecular weight excluding hydrogens is 838 g/mol. The first-order chi connectivity index (χ1) is 33.5. The number of rotatable bonds is 4. The van der Waals surface area contributed by atoms with Gasteiger partial charge in [-0.1, -0.05) is 163 Å². The molecule has 2 aliphatic rings. The number of benzene rings is 10. The monoisotopic (exact) mass is 887 g/mol. The van der Waals surface area contributed by atoms with Gasteiger partial charge in [-0.25, -0.2) is 0 Å². The van der Waals surface area contributed by atoms with Gasteiger partial charge in [0, 0.05) is 66.6 Å². The first-order valence-electron chi connectivity index (χ1n) is 24.4. The van der Waals surface area contributed by atoms with E-state index in [1.165, 1.54) is 82.2 Å². The van der Waals surface area contributed by atoms with Crippen molar-refractivity contribution in [1.29, 1.82) is 0 Å². The maximum absolute atomic E-state index is 6.93. The Morgan fingerprint density at radius 3 is 1.75 bits per heavy atom. The number of hydrogen-bond acceptors (Lipinski definition) is 3. The number of nitrogens with zero attached hydrogens (tertiary/aromatic N) is 3. The number of para-hydroxylation sites is 3. The minimum absolute atomic E-state index is 0.0262. The van der Waals surface area contributed by atoms with Crippen molar-refractivity contribution < 1.29 is 4.42 Å². The van der Waals surface area contributed by atoms with Gasteiger partial charge in [-0.3, -0.25) is 0 Å². The lowest BCUT2D eigenvalue weighted by atomic mass is 9.44. The second kappa shape index (κ2) is 14.3. The Bertz CT molecular complexity index is 4050. The average molecular weight is 888 g/mol. The van der Waals surface area contributed by atoms with Gasteiger partial charge in [-0.05, 0) is 133 Å². The van der Waals surface area contributed by atoms with Crippen LogP contribution in [0.5, 0.6) is 0 Å². The zero-order chi connectivity index (χ0) is 46.5. The first kappa shape index (κ1) is 40.1. The summed E-state index contributed by atoms with van der Waals surface area (Å²) in [5.74, 6) is 0. The summed E-state index contributed by atoms with van der Waals surface area (Å²) < 4.78 is 9.62. The molecule has 12 aromatic rings. The molecule has 69 heavy (non-hydrogen) atoms. The maximum atomic E-state index is 6.93. The van der Waals surface area contributed by atoms with Crippen LogP contribution >= 0.6 is 0 Å². The summed E-state index contributed by atoms with van der Waals surface area (Å²) >= 11 is 0. The van der Waals surface area contributed by atoms with Gasteiger partial charge < -0.3 is 18.7 Å². The first-order valence-corrected chi connectivity index (χ1v) is 24.4. The van der Waals surface area contributed by atoms with E-state index in [0.29, 0.717) is 0 Å². The normalized spacial score (nSPS) is 13.3. The van der Waals surface area contributed by atoms with Crippen molar-refractivity contribution in [3.05, 3.63) is 205 Å². The lowest BCUT2D eigenvalue weighted by molar-refractivity contribution is 0.590. The Morgan fingerprint density at radius 1 is 0.449 bits per heavy atom. The molecule has 0 aliphatic carbocycles. The van der Waals surface area contributed by atoms with Gasteiger partial charge in [0.25, 0.3) is 0 Å². The molecule has 0 unspecified atom stereocenters. The smallest absolute Gasteiger partial charge is 0.333 e. The summed E-state index contributed by atoms with van der Waals surface area (Å²) in [5, 5.41) is 9.74. The molecule has 0 spiro atoms. The zero-order valence-electron chi connectivity index (χ0n) is 39.8. The Kier molecular flexibility index (Phi) is 8.28. The molecule has 330 valence electrons. The molecule has 0 bridgehead atoms. The average Bonchev–Trinajstić information content (AvgIpc) is 3.90. The van der Waals surface area contributed by atoms with Crippen molar-refractivity contribution in [3.63, 3.8) is 0 Å². The molecule has 2 aliphatic heterocycles. The molecule has 4 nitrogen and oxygen atoms in total. The van der Waals surface area contributed by atoms with E-state index in [1.54, 1.807) is 0 Å². The van der Waals surface area contributed by atoms with Crippen LogP contribution in [-0.2, 0) is 10.8 Å². The van der Waals surface area contributed by atoms with Gasteiger partial charge in [0.1, 0.15) is 5.58 Å². The van der Waals surface area contributed by atoms with Crippen LogP contribution in [0.15, 0.2) is 199 Å². The predicted octanol–water partition coefficient (Wildman–Crippen LogP) is 16.5. The predicted molar refractivity (Wildman–Crippen MR) is 294 cm³/mol. The molecule has 2 aromatic heterocycles.